The molecule has 3 heterocycles. The number of carbonyl (C=O) groups excluding carboxylic acids is 1. The van der Waals surface area contributed by atoms with Crippen LogP contribution in [-0.4, -0.2) is 30.5 Å². The van der Waals surface area contributed by atoms with Crippen molar-refractivity contribution in [2.24, 2.45) is 0 Å². The van der Waals surface area contributed by atoms with Crippen LogP contribution >= 0.6 is 23.6 Å². The number of thiophene rings is 1. The number of aryl methyl sites for hydroxylation is 1. The molecule has 29 heavy (non-hydrogen) atoms. The summed E-state index contributed by atoms with van der Waals surface area (Å²) in [5, 5.41) is 15.3. The van der Waals surface area contributed by atoms with Crippen molar-refractivity contribution in [2.45, 2.75) is 33.5 Å². The normalized spacial score (nSPS) is 11.3. The van der Waals surface area contributed by atoms with E-state index in [0.29, 0.717) is 28.6 Å². The second-order valence-corrected chi connectivity index (χ2v) is 7.99. The number of aromatic amines is 1. The molecule has 0 aliphatic heterocycles. The van der Waals surface area contributed by atoms with E-state index in [1.807, 2.05) is 29.2 Å². The molecule has 0 saturated heterocycles. The van der Waals surface area contributed by atoms with E-state index in [-0.39, 0.29) is 18.3 Å². The molecule has 0 fully saturated rings. The van der Waals surface area contributed by atoms with Crippen LogP contribution in [0.5, 0.6) is 0 Å². The number of hydrogen-bond donors (Lipinski definition) is 2. The van der Waals surface area contributed by atoms with E-state index >= 15 is 0 Å². The molecule has 1 amide bonds. The molecule has 10 heteroatoms. The summed E-state index contributed by atoms with van der Waals surface area (Å²) in [5.74, 6) is 0.247. The van der Waals surface area contributed by atoms with Gasteiger partial charge in [-0.15, -0.1) is 11.3 Å². The van der Waals surface area contributed by atoms with E-state index in [9.17, 15) is 9.18 Å². The number of aromatic nitrogens is 5. The zero-order valence-electron chi connectivity index (χ0n) is 15.9. The lowest BCUT2D eigenvalue weighted by Gasteiger charge is -2.05. The molecule has 0 radical (unpaired) electrons. The third kappa shape index (κ3) is 3.85. The van der Waals surface area contributed by atoms with Gasteiger partial charge in [0.1, 0.15) is 10.6 Å². The standard InChI is InChI=1S/C19H19FN6OS2/c1-3-25-16(22-23-19(25)28)9-21-17(27)15-8-14-11(2)24-26(18(14)29-15)10-12-4-6-13(20)7-5-12/h4-8H,3,9-10H2,1-2H3,(H,21,27)(H,23,28). The summed E-state index contributed by atoms with van der Waals surface area (Å²) in [6, 6.07) is 8.19. The van der Waals surface area contributed by atoms with Crippen molar-refractivity contribution in [3.05, 3.63) is 62.9 Å². The van der Waals surface area contributed by atoms with Gasteiger partial charge in [-0.25, -0.2) is 4.39 Å². The molecule has 0 spiro atoms. The largest absolute Gasteiger partial charge is 0.344 e. The van der Waals surface area contributed by atoms with E-state index in [1.165, 1.54) is 23.5 Å². The Hall–Kier alpha value is -2.85. The van der Waals surface area contributed by atoms with Crippen LogP contribution in [0, 0.1) is 17.5 Å². The summed E-state index contributed by atoms with van der Waals surface area (Å²) in [4.78, 5) is 14.2. The number of rotatable bonds is 6. The fourth-order valence-corrected chi connectivity index (χ4v) is 4.51. The van der Waals surface area contributed by atoms with Crippen LogP contribution in [0.1, 0.15) is 33.7 Å². The van der Waals surface area contributed by atoms with Gasteiger partial charge < -0.3 is 9.88 Å². The van der Waals surface area contributed by atoms with Crippen molar-refractivity contribution in [1.82, 2.24) is 29.9 Å². The number of benzene rings is 1. The number of fused-ring (bicyclic) bond motifs is 1. The Kier molecular flexibility index (Phi) is 5.29. The predicted octanol–water partition coefficient (Wildman–Crippen LogP) is 3.80. The third-order valence-electron chi connectivity index (χ3n) is 4.64. The van der Waals surface area contributed by atoms with Gasteiger partial charge in [0, 0.05) is 11.9 Å². The molecule has 0 bridgehead atoms. The summed E-state index contributed by atoms with van der Waals surface area (Å²) in [6.45, 7) is 5.36. The molecule has 1 aromatic carbocycles. The number of halogens is 1. The van der Waals surface area contributed by atoms with Gasteiger partial charge in [0.15, 0.2) is 10.6 Å². The highest BCUT2D eigenvalue weighted by atomic mass is 32.1. The molecular weight excluding hydrogens is 411 g/mol. The summed E-state index contributed by atoms with van der Waals surface area (Å²) in [7, 11) is 0. The van der Waals surface area contributed by atoms with Crippen molar-refractivity contribution in [2.75, 3.05) is 0 Å². The maximum absolute atomic E-state index is 13.1. The molecule has 4 rings (SSSR count). The van der Waals surface area contributed by atoms with Gasteiger partial charge in [-0.3, -0.25) is 14.6 Å². The quantitative estimate of drug-likeness (QED) is 0.456. The summed E-state index contributed by atoms with van der Waals surface area (Å²) in [6.07, 6.45) is 0. The third-order valence-corrected chi connectivity index (χ3v) is 6.10. The highest BCUT2D eigenvalue weighted by Crippen LogP contribution is 2.29. The van der Waals surface area contributed by atoms with E-state index < -0.39 is 0 Å². The van der Waals surface area contributed by atoms with Gasteiger partial charge in [0.25, 0.3) is 5.91 Å². The Morgan fingerprint density at radius 1 is 1.34 bits per heavy atom. The monoisotopic (exact) mass is 430 g/mol. The number of H-pyrrole nitrogens is 1. The van der Waals surface area contributed by atoms with Crippen LogP contribution in [0.25, 0.3) is 10.2 Å². The van der Waals surface area contributed by atoms with Crippen molar-refractivity contribution < 1.29 is 9.18 Å². The minimum Gasteiger partial charge on any atom is -0.344 e. The van der Waals surface area contributed by atoms with Crippen LogP contribution in [0.4, 0.5) is 4.39 Å². The smallest absolute Gasteiger partial charge is 0.261 e. The lowest BCUT2D eigenvalue weighted by atomic mass is 10.2. The lowest BCUT2D eigenvalue weighted by molar-refractivity contribution is 0.0953. The Bertz CT molecular complexity index is 1230. The van der Waals surface area contributed by atoms with E-state index in [2.05, 4.69) is 20.6 Å². The van der Waals surface area contributed by atoms with Crippen LogP contribution in [0.2, 0.25) is 0 Å². The minimum atomic E-state index is -0.268. The molecule has 0 atom stereocenters. The van der Waals surface area contributed by atoms with Crippen LogP contribution < -0.4 is 5.32 Å². The predicted molar refractivity (Wildman–Crippen MR) is 112 cm³/mol. The minimum absolute atomic E-state index is 0.171. The summed E-state index contributed by atoms with van der Waals surface area (Å²) in [5.41, 5.74) is 1.79. The second kappa shape index (κ2) is 7.88. The molecule has 0 aliphatic rings. The van der Waals surface area contributed by atoms with Gasteiger partial charge in [0.05, 0.1) is 23.7 Å². The first-order valence-electron chi connectivity index (χ1n) is 9.10. The van der Waals surface area contributed by atoms with Crippen LogP contribution in [0.15, 0.2) is 30.3 Å². The lowest BCUT2D eigenvalue weighted by Crippen LogP contribution is -2.24. The van der Waals surface area contributed by atoms with Crippen molar-refractivity contribution >= 4 is 39.7 Å². The number of nitrogens with zero attached hydrogens (tertiary/aromatic N) is 4. The first-order valence-corrected chi connectivity index (χ1v) is 10.3. The molecule has 2 N–H and O–H groups in total. The first kappa shape index (κ1) is 19.5. The fourth-order valence-electron chi connectivity index (χ4n) is 3.15. The van der Waals surface area contributed by atoms with Gasteiger partial charge >= 0.3 is 0 Å². The molecule has 4 aromatic rings. The van der Waals surface area contributed by atoms with Crippen molar-refractivity contribution in [1.29, 1.82) is 0 Å². The Morgan fingerprint density at radius 3 is 2.83 bits per heavy atom. The van der Waals surface area contributed by atoms with Gasteiger partial charge in [-0.2, -0.15) is 10.2 Å². The SMILES string of the molecule is CCn1c(CNC(=O)c2cc3c(C)nn(Cc4ccc(F)cc4)c3s2)n[nH]c1=S. The van der Waals surface area contributed by atoms with Gasteiger partial charge in [-0.1, -0.05) is 12.1 Å². The molecular formula is C19H19FN6OS2. The Labute approximate surface area is 175 Å². The average molecular weight is 431 g/mol. The number of carbonyl (C=O) groups is 1. The first-order chi connectivity index (χ1) is 14.0. The molecule has 150 valence electrons. The highest BCUT2D eigenvalue weighted by Gasteiger charge is 2.17. The van der Waals surface area contributed by atoms with Gasteiger partial charge in [0.2, 0.25) is 0 Å². The van der Waals surface area contributed by atoms with Crippen LogP contribution in [0.3, 0.4) is 0 Å². The van der Waals surface area contributed by atoms with Crippen molar-refractivity contribution in [3.63, 3.8) is 0 Å². The van der Waals surface area contributed by atoms with Crippen molar-refractivity contribution in [3.8, 4) is 0 Å². The Balaban J connectivity index is 1.54. The average Bonchev–Trinajstić information content (AvgIpc) is 3.37. The molecule has 0 saturated carbocycles. The zero-order valence-corrected chi connectivity index (χ0v) is 17.5. The zero-order chi connectivity index (χ0) is 20.5. The van der Waals surface area contributed by atoms with E-state index in [4.69, 9.17) is 12.2 Å². The molecule has 0 aliphatic carbocycles. The second-order valence-electron chi connectivity index (χ2n) is 6.57. The van der Waals surface area contributed by atoms with E-state index in [0.717, 1.165) is 21.5 Å². The van der Waals surface area contributed by atoms with Gasteiger partial charge in [-0.05, 0) is 49.8 Å². The molecule has 7 nitrogen and oxygen atoms in total. The number of amides is 1. The molecule has 3 aromatic heterocycles. The highest BCUT2D eigenvalue weighted by molar-refractivity contribution is 7.71. The number of nitrogens with one attached hydrogen (secondary N) is 2. The van der Waals surface area contributed by atoms with Crippen LogP contribution in [-0.2, 0) is 19.6 Å². The fraction of sp³-hybridized carbons (Fsp3) is 0.263. The summed E-state index contributed by atoms with van der Waals surface area (Å²) >= 11 is 6.55. The maximum Gasteiger partial charge on any atom is 0.261 e. The Morgan fingerprint density at radius 2 is 2.10 bits per heavy atom. The molecule has 0 unspecified atom stereocenters. The number of hydrogen-bond acceptors (Lipinski definition) is 5. The summed E-state index contributed by atoms with van der Waals surface area (Å²) < 4.78 is 17.4. The topological polar surface area (TPSA) is 80.5 Å². The maximum atomic E-state index is 13.1. The van der Waals surface area contributed by atoms with E-state index in [1.54, 1.807) is 12.1 Å².